The molecule has 0 aliphatic heterocycles. The van der Waals surface area contributed by atoms with E-state index in [0.717, 1.165) is 22.4 Å². The molecule has 0 saturated heterocycles. The van der Waals surface area contributed by atoms with Crippen molar-refractivity contribution in [3.63, 3.8) is 0 Å². The Hall–Kier alpha value is -3.37. The highest BCUT2D eigenvalue weighted by Crippen LogP contribution is 2.35. The lowest BCUT2D eigenvalue weighted by molar-refractivity contribution is 0.602. The highest BCUT2D eigenvalue weighted by atomic mass is 32.2. The molecule has 4 aromatic rings. The van der Waals surface area contributed by atoms with Crippen molar-refractivity contribution in [2.75, 3.05) is 6.26 Å². The molecule has 2 N–H and O–H groups in total. The number of tetrazole rings is 1. The van der Waals surface area contributed by atoms with Gasteiger partial charge in [0, 0.05) is 38.2 Å². The zero-order valence-corrected chi connectivity index (χ0v) is 17.4. The fourth-order valence-electron chi connectivity index (χ4n) is 3.29. The summed E-state index contributed by atoms with van der Waals surface area (Å²) in [6, 6.07) is 13.1. The van der Waals surface area contributed by atoms with E-state index in [9.17, 15) is 8.42 Å². The van der Waals surface area contributed by atoms with Gasteiger partial charge in [-0.2, -0.15) is 0 Å². The number of hydrogen-bond acceptors (Lipinski definition) is 7. The summed E-state index contributed by atoms with van der Waals surface area (Å²) in [6.07, 6.45) is 4.93. The van der Waals surface area contributed by atoms with E-state index in [1.807, 2.05) is 48.1 Å². The summed E-state index contributed by atoms with van der Waals surface area (Å²) >= 11 is 0. The average molecular weight is 424 g/mol. The second kappa shape index (κ2) is 8.17. The SMILES string of the molecule is Cn1cnc(CNCc2ccc(-c3cccc(S(C)(=O)=O)c3-c3nnn[nH]3)cc2)c1. The molecule has 4 rings (SSSR count). The second-order valence-corrected chi connectivity index (χ2v) is 9.02. The van der Waals surface area contributed by atoms with Crippen LogP contribution in [-0.2, 0) is 30.0 Å². The van der Waals surface area contributed by atoms with Gasteiger partial charge in [0.1, 0.15) is 0 Å². The number of benzene rings is 2. The highest BCUT2D eigenvalue weighted by Gasteiger charge is 2.21. The van der Waals surface area contributed by atoms with E-state index in [2.05, 4.69) is 30.9 Å². The van der Waals surface area contributed by atoms with Crippen LogP contribution in [0.25, 0.3) is 22.5 Å². The lowest BCUT2D eigenvalue weighted by Crippen LogP contribution is -2.12. The summed E-state index contributed by atoms with van der Waals surface area (Å²) in [5, 5.41) is 17.2. The van der Waals surface area contributed by atoms with Crippen LogP contribution in [0.1, 0.15) is 11.3 Å². The van der Waals surface area contributed by atoms with E-state index in [1.165, 1.54) is 6.26 Å². The van der Waals surface area contributed by atoms with E-state index in [0.29, 0.717) is 24.5 Å². The number of aryl methyl sites for hydroxylation is 1. The van der Waals surface area contributed by atoms with Gasteiger partial charge in [0.15, 0.2) is 15.7 Å². The maximum Gasteiger partial charge on any atom is 0.181 e. The van der Waals surface area contributed by atoms with Crippen molar-refractivity contribution >= 4 is 9.84 Å². The number of nitrogens with zero attached hydrogens (tertiary/aromatic N) is 5. The first-order valence-electron chi connectivity index (χ1n) is 9.26. The topological polar surface area (TPSA) is 118 Å². The molecule has 0 saturated carbocycles. The normalized spacial score (nSPS) is 11.7. The third-order valence-corrected chi connectivity index (χ3v) is 5.81. The van der Waals surface area contributed by atoms with Gasteiger partial charge in [0.05, 0.1) is 16.9 Å². The molecular weight excluding hydrogens is 402 g/mol. The Labute approximate surface area is 174 Å². The molecule has 9 nitrogen and oxygen atoms in total. The van der Waals surface area contributed by atoms with Crippen molar-refractivity contribution in [2.45, 2.75) is 18.0 Å². The first kappa shape index (κ1) is 19.9. The number of aromatic nitrogens is 6. The molecule has 0 aliphatic rings. The number of aromatic amines is 1. The van der Waals surface area contributed by atoms with Crippen LogP contribution in [0, 0.1) is 0 Å². The largest absolute Gasteiger partial charge is 0.340 e. The fourth-order valence-corrected chi connectivity index (χ4v) is 4.19. The Kier molecular flexibility index (Phi) is 5.42. The van der Waals surface area contributed by atoms with Gasteiger partial charge in [-0.25, -0.2) is 18.5 Å². The summed E-state index contributed by atoms with van der Waals surface area (Å²) in [5.74, 6) is 0.312. The Morgan fingerprint density at radius 1 is 1.10 bits per heavy atom. The molecule has 2 aromatic heterocycles. The number of imidazole rings is 1. The molecule has 0 bridgehead atoms. The van der Waals surface area contributed by atoms with Crippen LogP contribution in [0.15, 0.2) is 59.9 Å². The van der Waals surface area contributed by atoms with E-state index < -0.39 is 9.84 Å². The monoisotopic (exact) mass is 423 g/mol. The third-order valence-electron chi connectivity index (χ3n) is 4.67. The van der Waals surface area contributed by atoms with E-state index in [4.69, 9.17) is 0 Å². The average Bonchev–Trinajstić information content (AvgIpc) is 3.39. The third kappa shape index (κ3) is 4.29. The number of rotatable bonds is 7. The molecule has 0 atom stereocenters. The zero-order valence-electron chi connectivity index (χ0n) is 16.6. The molecule has 0 amide bonds. The van der Waals surface area contributed by atoms with Crippen LogP contribution < -0.4 is 5.32 Å². The molecular formula is C20H21N7O2S. The summed E-state index contributed by atoms with van der Waals surface area (Å²) in [5.41, 5.74) is 4.17. The van der Waals surface area contributed by atoms with Crippen LogP contribution in [0.5, 0.6) is 0 Å². The first-order chi connectivity index (χ1) is 14.4. The van der Waals surface area contributed by atoms with Gasteiger partial charge in [-0.1, -0.05) is 36.4 Å². The van der Waals surface area contributed by atoms with Gasteiger partial charge in [0.25, 0.3) is 0 Å². The van der Waals surface area contributed by atoms with Gasteiger partial charge in [0.2, 0.25) is 0 Å². The Bertz CT molecular complexity index is 1250. The Balaban J connectivity index is 1.60. The predicted octanol–water partition coefficient (Wildman–Crippen LogP) is 1.96. The van der Waals surface area contributed by atoms with Crippen LogP contribution in [0.2, 0.25) is 0 Å². The number of hydrogen-bond donors (Lipinski definition) is 2. The summed E-state index contributed by atoms with van der Waals surface area (Å²) < 4.78 is 26.6. The minimum Gasteiger partial charge on any atom is -0.340 e. The fraction of sp³-hybridized carbons (Fsp3) is 0.200. The van der Waals surface area contributed by atoms with E-state index >= 15 is 0 Å². The number of H-pyrrole nitrogens is 1. The number of sulfone groups is 1. The molecule has 0 aliphatic carbocycles. The minimum absolute atomic E-state index is 0.180. The van der Waals surface area contributed by atoms with Crippen LogP contribution in [0.4, 0.5) is 0 Å². The van der Waals surface area contributed by atoms with Crippen molar-refractivity contribution in [1.82, 2.24) is 35.5 Å². The zero-order chi connectivity index (χ0) is 21.1. The van der Waals surface area contributed by atoms with Crippen molar-refractivity contribution < 1.29 is 8.42 Å². The molecule has 0 spiro atoms. The molecule has 2 heterocycles. The van der Waals surface area contributed by atoms with Gasteiger partial charge in [-0.15, -0.1) is 5.10 Å². The molecule has 10 heteroatoms. The highest BCUT2D eigenvalue weighted by molar-refractivity contribution is 7.90. The van der Waals surface area contributed by atoms with Crippen LogP contribution in [-0.4, -0.2) is 44.8 Å². The van der Waals surface area contributed by atoms with Gasteiger partial charge < -0.3 is 9.88 Å². The van der Waals surface area contributed by atoms with E-state index in [-0.39, 0.29) is 4.90 Å². The number of nitrogens with one attached hydrogen (secondary N) is 2. The van der Waals surface area contributed by atoms with Crippen molar-refractivity contribution in [2.24, 2.45) is 7.05 Å². The van der Waals surface area contributed by atoms with Crippen LogP contribution in [0.3, 0.4) is 0 Å². The molecule has 154 valence electrons. The maximum absolute atomic E-state index is 12.3. The van der Waals surface area contributed by atoms with Gasteiger partial charge >= 0.3 is 0 Å². The van der Waals surface area contributed by atoms with Crippen molar-refractivity contribution in [3.05, 3.63) is 66.2 Å². The predicted molar refractivity (Wildman–Crippen MR) is 112 cm³/mol. The molecule has 30 heavy (non-hydrogen) atoms. The van der Waals surface area contributed by atoms with Gasteiger partial charge in [-0.3, -0.25) is 0 Å². The second-order valence-electron chi connectivity index (χ2n) is 7.03. The smallest absolute Gasteiger partial charge is 0.181 e. The molecule has 0 fully saturated rings. The molecule has 2 aromatic carbocycles. The quantitative estimate of drug-likeness (QED) is 0.466. The first-order valence-corrected chi connectivity index (χ1v) is 11.1. The Morgan fingerprint density at radius 2 is 1.90 bits per heavy atom. The van der Waals surface area contributed by atoms with E-state index in [1.54, 1.807) is 18.5 Å². The lowest BCUT2D eigenvalue weighted by Gasteiger charge is -2.12. The minimum atomic E-state index is -3.47. The summed E-state index contributed by atoms with van der Waals surface area (Å²) in [7, 11) is -1.53. The maximum atomic E-state index is 12.3. The molecule has 0 unspecified atom stereocenters. The lowest BCUT2D eigenvalue weighted by atomic mass is 9.98. The summed E-state index contributed by atoms with van der Waals surface area (Å²) in [4.78, 5) is 4.48. The Morgan fingerprint density at radius 3 is 2.53 bits per heavy atom. The summed E-state index contributed by atoms with van der Waals surface area (Å²) in [6.45, 7) is 1.38. The standard InChI is InChI=1S/C20H21N7O2S/c1-27-12-16(22-13-27)11-21-10-14-6-8-15(9-7-14)17-4-3-5-18(30(2,28)29)19(17)20-23-25-26-24-20/h3-9,12-13,21H,10-11H2,1-2H3,(H,23,24,25,26). The van der Waals surface area contributed by atoms with Gasteiger partial charge in [-0.05, 0) is 33.2 Å². The molecule has 0 radical (unpaired) electrons. The van der Waals surface area contributed by atoms with Crippen molar-refractivity contribution in [3.8, 4) is 22.5 Å². The van der Waals surface area contributed by atoms with Crippen molar-refractivity contribution in [1.29, 1.82) is 0 Å². The van der Waals surface area contributed by atoms with Crippen LogP contribution >= 0.6 is 0 Å².